The summed E-state index contributed by atoms with van der Waals surface area (Å²) in [6.45, 7) is 5.17. The molecule has 0 spiro atoms. The molecule has 1 aromatic heterocycles. The van der Waals surface area contributed by atoms with Crippen LogP contribution in [0, 0.1) is 18.8 Å². The summed E-state index contributed by atoms with van der Waals surface area (Å²) in [7, 11) is 0.0507. The van der Waals surface area contributed by atoms with E-state index in [1.807, 2.05) is 33.2 Å². The van der Waals surface area contributed by atoms with E-state index >= 15 is 0 Å². The molecule has 33 heavy (non-hydrogen) atoms. The van der Waals surface area contributed by atoms with Crippen LogP contribution in [0.25, 0.3) is 0 Å². The summed E-state index contributed by atoms with van der Waals surface area (Å²) >= 11 is 6.13. The highest BCUT2D eigenvalue weighted by Gasteiger charge is 2.44. The Morgan fingerprint density at radius 1 is 1.18 bits per heavy atom. The summed E-state index contributed by atoms with van der Waals surface area (Å²) in [5, 5.41) is 3.52. The smallest absolute Gasteiger partial charge is 0.246 e. The summed E-state index contributed by atoms with van der Waals surface area (Å²) in [5.41, 5.74) is 2.31. The Balaban J connectivity index is 1.30. The molecule has 8 nitrogen and oxygen atoms in total. The molecule has 2 aromatic rings. The lowest BCUT2D eigenvalue weighted by atomic mass is 10.0. The number of aryl methyl sites for hydroxylation is 1. The number of amides is 1. The fourth-order valence-corrected chi connectivity index (χ4v) is 6.60. The third kappa shape index (κ3) is 5.16. The number of sulfonamides is 1. The van der Waals surface area contributed by atoms with Crippen molar-refractivity contribution >= 4 is 38.9 Å². The summed E-state index contributed by atoms with van der Waals surface area (Å²) < 4.78 is 28.2. The van der Waals surface area contributed by atoms with E-state index < -0.39 is 10.0 Å². The number of pyridine rings is 1. The van der Waals surface area contributed by atoms with Crippen molar-refractivity contribution in [1.29, 1.82) is 0 Å². The van der Waals surface area contributed by atoms with Gasteiger partial charge >= 0.3 is 0 Å². The van der Waals surface area contributed by atoms with Gasteiger partial charge in [-0.2, -0.15) is 4.31 Å². The molecule has 4 rings (SSSR count). The van der Waals surface area contributed by atoms with E-state index in [0.29, 0.717) is 42.5 Å². The second-order valence-corrected chi connectivity index (χ2v) is 11.4. The van der Waals surface area contributed by atoms with Gasteiger partial charge in [-0.15, -0.1) is 0 Å². The first kappa shape index (κ1) is 23.9. The first-order valence-corrected chi connectivity index (χ1v) is 12.9. The number of anilines is 2. The van der Waals surface area contributed by atoms with Crippen LogP contribution in [0.2, 0.25) is 5.02 Å². The maximum Gasteiger partial charge on any atom is 0.246 e. The van der Waals surface area contributed by atoms with Gasteiger partial charge in [-0.3, -0.25) is 9.78 Å². The van der Waals surface area contributed by atoms with Crippen LogP contribution in [-0.2, 0) is 14.8 Å². The molecule has 2 fully saturated rings. The van der Waals surface area contributed by atoms with Gasteiger partial charge in [0.25, 0.3) is 0 Å². The van der Waals surface area contributed by atoms with Crippen LogP contribution < -0.4 is 10.2 Å². The van der Waals surface area contributed by atoms with E-state index in [4.69, 9.17) is 11.6 Å². The lowest BCUT2D eigenvalue weighted by Gasteiger charge is -2.23. The number of hydrogen-bond acceptors (Lipinski definition) is 6. The van der Waals surface area contributed by atoms with E-state index in [1.54, 1.807) is 27.5 Å². The van der Waals surface area contributed by atoms with E-state index in [9.17, 15) is 13.2 Å². The highest BCUT2D eigenvalue weighted by Crippen LogP contribution is 2.36. The normalized spacial score (nSPS) is 21.2. The van der Waals surface area contributed by atoms with Gasteiger partial charge in [0.05, 0.1) is 5.69 Å². The van der Waals surface area contributed by atoms with Crippen molar-refractivity contribution in [3.8, 4) is 0 Å². The number of hydrogen-bond donors (Lipinski definition) is 1. The maximum absolute atomic E-state index is 13.3. The first-order valence-electron chi connectivity index (χ1n) is 11.0. The van der Waals surface area contributed by atoms with Crippen LogP contribution in [-0.4, -0.2) is 75.3 Å². The molecule has 0 radical (unpaired) electrons. The van der Waals surface area contributed by atoms with E-state index in [0.717, 1.165) is 18.7 Å². The molecule has 178 valence electrons. The number of nitrogens with one attached hydrogen (secondary N) is 1. The number of likely N-dealkylation sites (tertiary alicyclic amines) is 1. The fraction of sp³-hybridized carbons (Fsp3) is 0.478. The Bertz CT molecular complexity index is 1130. The Morgan fingerprint density at radius 3 is 2.52 bits per heavy atom. The van der Waals surface area contributed by atoms with Gasteiger partial charge in [-0.1, -0.05) is 17.7 Å². The molecule has 0 aliphatic carbocycles. The molecule has 2 atom stereocenters. The predicted molar refractivity (Wildman–Crippen MR) is 130 cm³/mol. The van der Waals surface area contributed by atoms with Crippen molar-refractivity contribution in [2.45, 2.75) is 18.2 Å². The molecule has 2 saturated heterocycles. The lowest BCUT2D eigenvalue weighted by molar-refractivity contribution is -0.116. The van der Waals surface area contributed by atoms with Crippen molar-refractivity contribution < 1.29 is 13.2 Å². The summed E-state index contributed by atoms with van der Waals surface area (Å²) in [6.07, 6.45) is 3.42. The molecule has 10 heteroatoms. The molecule has 1 amide bonds. The van der Waals surface area contributed by atoms with Crippen molar-refractivity contribution in [2.75, 3.05) is 57.0 Å². The second-order valence-electron chi connectivity index (χ2n) is 9.10. The molecule has 2 unspecified atom stereocenters. The Kier molecular flexibility index (Phi) is 6.95. The van der Waals surface area contributed by atoms with Gasteiger partial charge in [-0.25, -0.2) is 8.42 Å². The molecular weight excluding hydrogens is 462 g/mol. The monoisotopic (exact) mass is 491 g/mol. The summed E-state index contributed by atoms with van der Waals surface area (Å²) in [4.78, 5) is 20.7. The zero-order valence-electron chi connectivity index (χ0n) is 19.2. The van der Waals surface area contributed by atoms with Crippen molar-refractivity contribution in [3.63, 3.8) is 0 Å². The Hall–Kier alpha value is -2.20. The van der Waals surface area contributed by atoms with Gasteiger partial charge in [0.2, 0.25) is 15.9 Å². The third-order valence-electron chi connectivity index (χ3n) is 6.50. The van der Waals surface area contributed by atoms with Crippen molar-refractivity contribution in [3.05, 3.63) is 47.2 Å². The standard InChI is InChI=1S/C23H30ClN5O3S/c1-16-4-5-19(10-20(16)24)26-23(30)7-9-28-12-17-14-29(15-18(17)13-28)33(31,32)22-11-25-8-6-21(22)27(2)3/h4-6,8,10-11,17-18H,7,9,12-15H2,1-3H3,(H,26,30). The average Bonchev–Trinajstić information content (AvgIpc) is 3.34. The minimum Gasteiger partial charge on any atom is -0.376 e. The lowest BCUT2D eigenvalue weighted by Crippen LogP contribution is -2.34. The topological polar surface area (TPSA) is 85.8 Å². The first-order chi connectivity index (χ1) is 15.6. The SMILES string of the molecule is Cc1ccc(NC(=O)CCN2CC3CN(S(=O)(=O)c4cnccc4N(C)C)CC3C2)cc1Cl. The van der Waals surface area contributed by atoms with Gasteiger partial charge in [0.1, 0.15) is 4.90 Å². The van der Waals surface area contributed by atoms with Gasteiger partial charge in [0.15, 0.2) is 0 Å². The van der Waals surface area contributed by atoms with E-state index in [1.165, 1.54) is 6.20 Å². The van der Waals surface area contributed by atoms with Crippen LogP contribution in [0.4, 0.5) is 11.4 Å². The molecule has 3 heterocycles. The number of fused-ring (bicyclic) bond motifs is 1. The number of carbonyl (C=O) groups is 1. The average molecular weight is 492 g/mol. The molecular formula is C23H30ClN5O3S. The van der Waals surface area contributed by atoms with Gasteiger partial charge in [0, 0.05) is 76.3 Å². The minimum absolute atomic E-state index is 0.0519. The Labute approximate surface area is 200 Å². The minimum atomic E-state index is -3.61. The van der Waals surface area contributed by atoms with Gasteiger partial charge < -0.3 is 15.1 Å². The molecule has 2 aliphatic rings. The summed E-state index contributed by atoms with van der Waals surface area (Å²) in [5.74, 6) is 0.500. The van der Waals surface area contributed by atoms with E-state index in [2.05, 4.69) is 15.2 Å². The van der Waals surface area contributed by atoms with Crippen molar-refractivity contribution in [2.24, 2.45) is 11.8 Å². The molecule has 1 aromatic carbocycles. The Morgan fingerprint density at radius 2 is 1.88 bits per heavy atom. The van der Waals surface area contributed by atoms with Crippen LogP contribution in [0.1, 0.15) is 12.0 Å². The number of rotatable bonds is 7. The van der Waals surface area contributed by atoms with Crippen LogP contribution in [0.5, 0.6) is 0 Å². The largest absolute Gasteiger partial charge is 0.376 e. The van der Waals surface area contributed by atoms with Crippen LogP contribution in [0.3, 0.4) is 0 Å². The highest BCUT2D eigenvalue weighted by molar-refractivity contribution is 7.89. The quantitative estimate of drug-likeness (QED) is 0.641. The molecule has 0 bridgehead atoms. The number of halogens is 1. The number of aromatic nitrogens is 1. The predicted octanol–water partition coefficient (Wildman–Crippen LogP) is 2.69. The summed E-state index contributed by atoms with van der Waals surface area (Å²) in [6, 6.07) is 7.21. The third-order valence-corrected chi connectivity index (χ3v) is 8.76. The number of nitrogens with zero attached hydrogens (tertiary/aromatic N) is 4. The molecule has 1 N–H and O–H groups in total. The van der Waals surface area contributed by atoms with Crippen molar-refractivity contribution in [1.82, 2.24) is 14.2 Å². The number of benzene rings is 1. The number of carbonyl (C=O) groups excluding carboxylic acids is 1. The van der Waals surface area contributed by atoms with Crippen LogP contribution in [0.15, 0.2) is 41.6 Å². The highest BCUT2D eigenvalue weighted by atomic mass is 35.5. The van der Waals surface area contributed by atoms with E-state index in [-0.39, 0.29) is 22.6 Å². The maximum atomic E-state index is 13.3. The molecule has 2 aliphatic heterocycles. The fourth-order valence-electron chi connectivity index (χ4n) is 4.66. The zero-order chi connectivity index (χ0) is 23.8. The zero-order valence-corrected chi connectivity index (χ0v) is 20.7. The van der Waals surface area contributed by atoms with Gasteiger partial charge in [-0.05, 0) is 42.5 Å². The second kappa shape index (κ2) is 9.58. The molecule has 0 saturated carbocycles. The van der Waals surface area contributed by atoms with Crippen LogP contribution >= 0.6 is 11.6 Å².